The summed E-state index contributed by atoms with van der Waals surface area (Å²) in [5.41, 5.74) is 6.75. The van der Waals surface area contributed by atoms with Gasteiger partial charge in [0.05, 0.1) is 0 Å². The Bertz CT molecular complexity index is 273. The highest BCUT2D eigenvalue weighted by molar-refractivity contribution is 5.01. The van der Waals surface area contributed by atoms with Gasteiger partial charge in [-0.1, -0.05) is 20.3 Å². The van der Waals surface area contributed by atoms with E-state index in [-0.39, 0.29) is 0 Å². The molecule has 0 aromatic heterocycles. The molecule has 3 rings (SSSR count). The lowest BCUT2D eigenvalue weighted by Gasteiger charge is -2.47. The molecule has 0 aromatic rings. The zero-order valence-corrected chi connectivity index (χ0v) is 11.5. The summed E-state index contributed by atoms with van der Waals surface area (Å²) in [6.45, 7) is 4.91. The summed E-state index contributed by atoms with van der Waals surface area (Å²) in [6.07, 6.45) is 11.0. The highest BCUT2D eigenvalue weighted by Gasteiger charge is 2.44. The van der Waals surface area contributed by atoms with E-state index in [4.69, 9.17) is 5.73 Å². The Kier molecular flexibility index (Phi) is 2.99. The van der Waals surface area contributed by atoms with Gasteiger partial charge in [0, 0.05) is 24.2 Å². The Balaban J connectivity index is 1.72. The highest BCUT2D eigenvalue weighted by Crippen LogP contribution is 2.44. The van der Waals surface area contributed by atoms with E-state index in [1.165, 1.54) is 51.4 Å². The lowest BCUT2D eigenvalue weighted by atomic mass is 9.74. The standard InChI is InChI=1S/C15H28N2/c1-15(2)7-3-4-14(10-15)17-12-5-6-13(17)9-11(16)8-12/h11-14H,3-10,16H2,1-2H3. The van der Waals surface area contributed by atoms with E-state index < -0.39 is 0 Å². The molecular weight excluding hydrogens is 208 g/mol. The van der Waals surface area contributed by atoms with Gasteiger partial charge in [-0.2, -0.15) is 0 Å². The van der Waals surface area contributed by atoms with Crippen LogP contribution in [0.4, 0.5) is 0 Å². The second-order valence-electron chi connectivity index (χ2n) is 7.48. The quantitative estimate of drug-likeness (QED) is 0.758. The van der Waals surface area contributed by atoms with Gasteiger partial charge in [-0.05, 0) is 50.4 Å². The van der Waals surface area contributed by atoms with Crippen molar-refractivity contribution in [2.24, 2.45) is 11.1 Å². The van der Waals surface area contributed by atoms with Crippen LogP contribution in [0.1, 0.15) is 65.2 Å². The van der Waals surface area contributed by atoms with Crippen molar-refractivity contribution in [1.82, 2.24) is 4.90 Å². The summed E-state index contributed by atoms with van der Waals surface area (Å²) in [7, 11) is 0. The third kappa shape index (κ3) is 2.26. The Morgan fingerprint density at radius 3 is 2.24 bits per heavy atom. The number of hydrogen-bond acceptors (Lipinski definition) is 2. The molecule has 3 aliphatic rings. The zero-order chi connectivity index (χ0) is 12.0. The number of fused-ring (bicyclic) bond motifs is 2. The maximum Gasteiger partial charge on any atom is 0.0116 e. The number of piperidine rings is 1. The Morgan fingerprint density at radius 1 is 1.00 bits per heavy atom. The van der Waals surface area contributed by atoms with Gasteiger partial charge >= 0.3 is 0 Å². The summed E-state index contributed by atoms with van der Waals surface area (Å²) >= 11 is 0. The molecule has 2 heteroatoms. The van der Waals surface area contributed by atoms with Crippen LogP contribution >= 0.6 is 0 Å². The van der Waals surface area contributed by atoms with Gasteiger partial charge < -0.3 is 5.73 Å². The minimum Gasteiger partial charge on any atom is -0.328 e. The monoisotopic (exact) mass is 236 g/mol. The van der Waals surface area contributed by atoms with Crippen LogP contribution in [0.25, 0.3) is 0 Å². The SMILES string of the molecule is CC1(C)CCCC(N2C3CCC2CC(N)C3)C1. The minimum atomic E-state index is 0.486. The van der Waals surface area contributed by atoms with Crippen molar-refractivity contribution in [1.29, 1.82) is 0 Å². The van der Waals surface area contributed by atoms with Gasteiger partial charge in [-0.25, -0.2) is 0 Å². The van der Waals surface area contributed by atoms with Crippen LogP contribution in [0.3, 0.4) is 0 Å². The van der Waals surface area contributed by atoms with Crippen molar-refractivity contribution in [2.75, 3.05) is 0 Å². The van der Waals surface area contributed by atoms with E-state index in [1.807, 2.05) is 0 Å². The van der Waals surface area contributed by atoms with Gasteiger partial charge in [0.15, 0.2) is 0 Å². The van der Waals surface area contributed by atoms with E-state index >= 15 is 0 Å². The van der Waals surface area contributed by atoms with Gasteiger partial charge in [0.2, 0.25) is 0 Å². The van der Waals surface area contributed by atoms with Crippen LogP contribution in [0.15, 0.2) is 0 Å². The first-order valence-corrected chi connectivity index (χ1v) is 7.58. The zero-order valence-electron chi connectivity index (χ0n) is 11.5. The molecular formula is C15H28N2. The van der Waals surface area contributed by atoms with Gasteiger partial charge in [0.25, 0.3) is 0 Å². The second-order valence-corrected chi connectivity index (χ2v) is 7.48. The lowest BCUT2D eigenvalue weighted by Crippen LogP contribution is -2.53. The number of hydrogen-bond donors (Lipinski definition) is 1. The fraction of sp³-hybridized carbons (Fsp3) is 1.00. The summed E-state index contributed by atoms with van der Waals surface area (Å²) in [4.78, 5) is 2.89. The van der Waals surface area contributed by atoms with Crippen molar-refractivity contribution in [3.63, 3.8) is 0 Å². The van der Waals surface area contributed by atoms with Gasteiger partial charge in [-0.15, -0.1) is 0 Å². The summed E-state index contributed by atoms with van der Waals surface area (Å²) in [6, 6.07) is 2.99. The van der Waals surface area contributed by atoms with Crippen molar-refractivity contribution in [3.8, 4) is 0 Å². The molecule has 2 aliphatic heterocycles. The van der Waals surface area contributed by atoms with Crippen molar-refractivity contribution in [3.05, 3.63) is 0 Å². The lowest BCUT2D eigenvalue weighted by molar-refractivity contribution is 0.0275. The predicted molar refractivity (Wildman–Crippen MR) is 71.9 cm³/mol. The minimum absolute atomic E-state index is 0.486. The summed E-state index contributed by atoms with van der Waals surface area (Å²) in [5, 5.41) is 0. The predicted octanol–water partition coefficient (Wildman–Crippen LogP) is 2.91. The molecule has 1 saturated carbocycles. The van der Waals surface area contributed by atoms with Crippen molar-refractivity contribution < 1.29 is 0 Å². The smallest absolute Gasteiger partial charge is 0.0116 e. The molecule has 0 aromatic carbocycles. The van der Waals surface area contributed by atoms with E-state index in [9.17, 15) is 0 Å². The molecule has 3 atom stereocenters. The average Bonchev–Trinajstić information content (AvgIpc) is 2.50. The molecule has 2 saturated heterocycles. The molecule has 2 N–H and O–H groups in total. The Hall–Kier alpha value is -0.0800. The molecule has 17 heavy (non-hydrogen) atoms. The molecule has 0 amide bonds. The molecule has 2 nitrogen and oxygen atoms in total. The van der Waals surface area contributed by atoms with Crippen LogP contribution in [0.2, 0.25) is 0 Å². The first-order valence-electron chi connectivity index (χ1n) is 7.58. The van der Waals surface area contributed by atoms with Gasteiger partial charge in [-0.3, -0.25) is 4.90 Å². The summed E-state index contributed by atoms with van der Waals surface area (Å²) in [5.74, 6) is 0. The van der Waals surface area contributed by atoms with E-state index in [1.54, 1.807) is 0 Å². The Morgan fingerprint density at radius 2 is 1.65 bits per heavy atom. The van der Waals surface area contributed by atoms with Crippen LogP contribution in [0, 0.1) is 5.41 Å². The van der Waals surface area contributed by atoms with Crippen molar-refractivity contribution >= 4 is 0 Å². The molecule has 1 aliphatic carbocycles. The van der Waals surface area contributed by atoms with E-state index in [0.717, 1.165) is 18.1 Å². The molecule has 0 spiro atoms. The third-order valence-corrected chi connectivity index (χ3v) is 5.43. The fourth-order valence-corrected chi connectivity index (χ4v) is 4.76. The third-order valence-electron chi connectivity index (χ3n) is 5.43. The summed E-state index contributed by atoms with van der Waals surface area (Å²) < 4.78 is 0. The van der Waals surface area contributed by atoms with E-state index in [0.29, 0.717) is 11.5 Å². The molecule has 3 fully saturated rings. The first-order chi connectivity index (χ1) is 8.05. The van der Waals surface area contributed by atoms with Crippen LogP contribution in [-0.4, -0.2) is 29.1 Å². The molecule has 2 bridgehead atoms. The Labute approximate surface area is 106 Å². The van der Waals surface area contributed by atoms with E-state index in [2.05, 4.69) is 18.7 Å². The van der Waals surface area contributed by atoms with Crippen LogP contribution < -0.4 is 5.73 Å². The average molecular weight is 236 g/mol. The number of nitrogens with two attached hydrogens (primary N) is 1. The first kappa shape index (κ1) is 12.0. The van der Waals surface area contributed by atoms with Crippen LogP contribution in [-0.2, 0) is 0 Å². The van der Waals surface area contributed by atoms with Crippen LogP contribution in [0.5, 0.6) is 0 Å². The van der Waals surface area contributed by atoms with Gasteiger partial charge in [0.1, 0.15) is 0 Å². The number of nitrogens with zero attached hydrogens (tertiary/aromatic N) is 1. The number of rotatable bonds is 1. The molecule has 2 heterocycles. The normalized spacial score (nSPS) is 46.1. The highest BCUT2D eigenvalue weighted by atomic mass is 15.3. The largest absolute Gasteiger partial charge is 0.328 e. The fourth-order valence-electron chi connectivity index (χ4n) is 4.76. The molecule has 98 valence electrons. The van der Waals surface area contributed by atoms with Crippen molar-refractivity contribution in [2.45, 2.75) is 89.4 Å². The second kappa shape index (κ2) is 4.24. The maximum absolute atomic E-state index is 6.17. The maximum atomic E-state index is 6.17. The topological polar surface area (TPSA) is 29.3 Å². The molecule has 3 unspecified atom stereocenters. The molecule has 0 radical (unpaired) electrons.